The van der Waals surface area contributed by atoms with E-state index in [2.05, 4.69) is 12.2 Å². The van der Waals surface area contributed by atoms with E-state index in [4.69, 9.17) is 0 Å². The average Bonchev–Trinajstić information content (AvgIpc) is 2.55. The van der Waals surface area contributed by atoms with Crippen LogP contribution in [0.4, 0.5) is 0 Å². The minimum absolute atomic E-state index is 0.873. The zero-order chi connectivity index (χ0) is 7.68. The molecule has 1 aliphatic heterocycles. The van der Waals surface area contributed by atoms with Gasteiger partial charge in [0.2, 0.25) is 0 Å². The molecule has 2 rings (SSSR count). The molecule has 1 nitrogen and oxygen atoms in total. The van der Waals surface area contributed by atoms with Crippen molar-refractivity contribution in [3.05, 3.63) is 0 Å². The molecule has 64 valence electrons. The first-order chi connectivity index (χ1) is 5.38. The molecular formula is C10H19N. The molecule has 0 spiro atoms. The summed E-state index contributed by atoms with van der Waals surface area (Å²) in [5.41, 5.74) is 0. The van der Waals surface area contributed by atoms with Crippen LogP contribution in [0.25, 0.3) is 0 Å². The Morgan fingerprint density at radius 3 is 2.36 bits per heavy atom. The lowest BCUT2D eigenvalue weighted by Gasteiger charge is -2.22. The van der Waals surface area contributed by atoms with Crippen molar-refractivity contribution in [1.82, 2.24) is 5.32 Å². The van der Waals surface area contributed by atoms with Crippen LogP contribution in [0.1, 0.15) is 39.0 Å². The Balaban J connectivity index is 1.92. The first-order valence-electron chi connectivity index (χ1n) is 5.11. The standard InChI is InChI=1S/C10H19N/c1-8-6-7-11-10(8)9-4-2-3-5-9/h8-11H,2-7H2,1H3/t8-,10-/m1/s1. The second-order valence-corrected chi connectivity index (χ2v) is 4.29. The predicted molar refractivity (Wildman–Crippen MR) is 47.5 cm³/mol. The van der Waals surface area contributed by atoms with Gasteiger partial charge < -0.3 is 5.32 Å². The van der Waals surface area contributed by atoms with Gasteiger partial charge in [-0.3, -0.25) is 0 Å². The summed E-state index contributed by atoms with van der Waals surface area (Å²) in [4.78, 5) is 0. The molecule has 0 radical (unpaired) electrons. The van der Waals surface area contributed by atoms with Gasteiger partial charge >= 0.3 is 0 Å². The Morgan fingerprint density at radius 1 is 1.09 bits per heavy atom. The first kappa shape index (κ1) is 7.60. The molecule has 0 amide bonds. The first-order valence-corrected chi connectivity index (χ1v) is 5.11. The fourth-order valence-corrected chi connectivity index (χ4v) is 2.81. The van der Waals surface area contributed by atoms with E-state index in [1.165, 1.54) is 38.6 Å². The molecule has 2 atom stereocenters. The van der Waals surface area contributed by atoms with Crippen molar-refractivity contribution in [2.24, 2.45) is 11.8 Å². The summed E-state index contributed by atoms with van der Waals surface area (Å²) in [6, 6.07) is 0.873. The third-order valence-electron chi connectivity index (χ3n) is 3.50. The van der Waals surface area contributed by atoms with E-state index in [0.717, 1.165) is 17.9 Å². The van der Waals surface area contributed by atoms with Crippen molar-refractivity contribution in [1.29, 1.82) is 0 Å². The Hall–Kier alpha value is -0.0400. The molecule has 1 aliphatic carbocycles. The molecule has 1 saturated carbocycles. The van der Waals surface area contributed by atoms with Crippen LogP contribution in [-0.4, -0.2) is 12.6 Å². The van der Waals surface area contributed by atoms with Crippen LogP contribution in [0, 0.1) is 11.8 Å². The molecule has 1 N–H and O–H groups in total. The van der Waals surface area contributed by atoms with Gasteiger partial charge in [0.25, 0.3) is 0 Å². The second-order valence-electron chi connectivity index (χ2n) is 4.29. The van der Waals surface area contributed by atoms with Gasteiger partial charge in [-0.2, -0.15) is 0 Å². The molecule has 11 heavy (non-hydrogen) atoms. The van der Waals surface area contributed by atoms with Gasteiger partial charge in [0.1, 0.15) is 0 Å². The lowest BCUT2D eigenvalue weighted by atomic mass is 9.90. The van der Waals surface area contributed by atoms with Crippen molar-refractivity contribution in [3.8, 4) is 0 Å². The monoisotopic (exact) mass is 153 g/mol. The number of rotatable bonds is 1. The Kier molecular flexibility index (Phi) is 2.17. The smallest absolute Gasteiger partial charge is 0.0121 e. The number of hydrogen-bond acceptors (Lipinski definition) is 1. The summed E-state index contributed by atoms with van der Waals surface area (Å²) in [6.45, 7) is 3.67. The van der Waals surface area contributed by atoms with E-state index < -0.39 is 0 Å². The summed E-state index contributed by atoms with van der Waals surface area (Å²) < 4.78 is 0. The minimum Gasteiger partial charge on any atom is -0.313 e. The molecule has 2 aliphatic rings. The molecule has 0 aromatic carbocycles. The van der Waals surface area contributed by atoms with Crippen molar-refractivity contribution >= 4 is 0 Å². The molecule has 1 heterocycles. The molecule has 1 saturated heterocycles. The van der Waals surface area contributed by atoms with E-state index in [9.17, 15) is 0 Å². The van der Waals surface area contributed by atoms with E-state index in [0.29, 0.717) is 0 Å². The lowest BCUT2D eigenvalue weighted by molar-refractivity contribution is 0.336. The third kappa shape index (κ3) is 1.44. The van der Waals surface area contributed by atoms with Crippen molar-refractivity contribution < 1.29 is 0 Å². The van der Waals surface area contributed by atoms with E-state index in [1.54, 1.807) is 0 Å². The Labute approximate surface area is 69.6 Å². The molecule has 0 bridgehead atoms. The second kappa shape index (κ2) is 3.14. The highest BCUT2D eigenvalue weighted by Gasteiger charge is 2.31. The van der Waals surface area contributed by atoms with E-state index in [1.807, 2.05) is 0 Å². The van der Waals surface area contributed by atoms with Crippen LogP contribution in [0.5, 0.6) is 0 Å². The Bertz CT molecular complexity index is 127. The van der Waals surface area contributed by atoms with Crippen molar-refractivity contribution in [3.63, 3.8) is 0 Å². The SMILES string of the molecule is C[C@@H]1CCN[C@H]1C1CCCC1. The van der Waals surface area contributed by atoms with Crippen LogP contribution in [0.15, 0.2) is 0 Å². The fraction of sp³-hybridized carbons (Fsp3) is 1.00. The maximum Gasteiger partial charge on any atom is 0.0121 e. The maximum absolute atomic E-state index is 3.65. The topological polar surface area (TPSA) is 12.0 Å². The maximum atomic E-state index is 3.65. The third-order valence-corrected chi connectivity index (χ3v) is 3.50. The molecule has 0 aromatic rings. The largest absolute Gasteiger partial charge is 0.313 e. The average molecular weight is 153 g/mol. The van der Waals surface area contributed by atoms with Gasteiger partial charge in [0.05, 0.1) is 0 Å². The minimum atomic E-state index is 0.873. The fourth-order valence-electron chi connectivity index (χ4n) is 2.81. The van der Waals surface area contributed by atoms with Crippen LogP contribution in [-0.2, 0) is 0 Å². The zero-order valence-corrected chi connectivity index (χ0v) is 7.47. The summed E-state index contributed by atoms with van der Waals surface area (Å²) in [6.07, 6.45) is 7.34. The highest BCUT2D eigenvalue weighted by atomic mass is 15.0. The van der Waals surface area contributed by atoms with Gasteiger partial charge in [0.15, 0.2) is 0 Å². The van der Waals surface area contributed by atoms with Crippen molar-refractivity contribution in [2.75, 3.05) is 6.54 Å². The highest BCUT2D eigenvalue weighted by Crippen LogP contribution is 2.33. The number of nitrogens with one attached hydrogen (secondary N) is 1. The van der Waals surface area contributed by atoms with Gasteiger partial charge in [-0.05, 0) is 37.6 Å². The summed E-state index contributed by atoms with van der Waals surface area (Å²) in [5.74, 6) is 1.96. The predicted octanol–water partition coefficient (Wildman–Crippen LogP) is 2.17. The van der Waals surface area contributed by atoms with Gasteiger partial charge in [-0.1, -0.05) is 19.8 Å². The zero-order valence-electron chi connectivity index (χ0n) is 7.47. The van der Waals surface area contributed by atoms with Gasteiger partial charge in [0, 0.05) is 6.04 Å². The van der Waals surface area contributed by atoms with Crippen LogP contribution in [0.3, 0.4) is 0 Å². The quantitative estimate of drug-likeness (QED) is 0.609. The normalized spacial score (nSPS) is 40.1. The molecule has 0 aromatic heterocycles. The van der Waals surface area contributed by atoms with Crippen LogP contribution >= 0.6 is 0 Å². The Morgan fingerprint density at radius 2 is 1.82 bits per heavy atom. The summed E-state index contributed by atoms with van der Waals surface area (Å²) in [5, 5.41) is 3.65. The van der Waals surface area contributed by atoms with Crippen molar-refractivity contribution in [2.45, 2.75) is 45.1 Å². The molecular weight excluding hydrogens is 134 g/mol. The van der Waals surface area contributed by atoms with Gasteiger partial charge in [-0.25, -0.2) is 0 Å². The van der Waals surface area contributed by atoms with Gasteiger partial charge in [-0.15, -0.1) is 0 Å². The van der Waals surface area contributed by atoms with E-state index >= 15 is 0 Å². The molecule has 1 heteroatoms. The highest BCUT2D eigenvalue weighted by molar-refractivity contribution is 4.88. The summed E-state index contributed by atoms with van der Waals surface area (Å²) in [7, 11) is 0. The molecule has 2 fully saturated rings. The van der Waals surface area contributed by atoms with Crippen LogP contribution < -0.4 is 5.32 Å². The lowest BCUT2D eigenvalue weighted by Crippen LogP contribution is -2.32. The summed E-state index contributed by atoms with van der Waals surface area (Å²) >= 11 is 0. The number of hydrogen-bond donors (Lipinski definition) is 1. The van der Waals surface area contributed by atoms with Crippen LogP contribution in [0.2, 0.25) is 0 Å². The molecule has 0 unspecified atom stereocenters. The van der Waals surface area contributed by atoms with E-state index in [-0.39, 0.29) is 0 Å².